The van der Waals surface area contributed by atoms with E-state index >= 15 is 0 Å². The van der Waals surface area contributed by atoms with Gasteiger partial charge in [-0.15, -0.1) is 0 Å². The van der Waals surface area contributed by atoms with Crippen LogP contribution in [0.15, 0.2) is 87.2 Å². The first-order valence-corrected chi connectivity index (χ1v) is 11.1. The SMILES string of the molecule is O=C1NC(=Nc2ccccc2Br)SC1=Cc1ccc(OCc2ccc(Cl)cc2)cc1. The minimum atomic E-state index is -0.158. The van der Waals surface area contributed by atoms with Crippen molar-refractivity contribution in [2.45, 2.75) is 6.61 Å². The third kappa shape index (κ3) is 5.33. The highest BCUT2D eigenvalue weighted by atomic mass is 79.9. The van der Waals surface area contributed by atoms with Gasteiger partial charge in [0.25, 0.3) is 5.91 Å². The highest BCUT2D eigenvalue weighted by molar-refractivity contribution is 9.10. The first kappa shape index (κ1) is 20.7. The number of hydrogen-bond acceptors (Lipinski definition) is 4. The van der Waals surface area contributed by atoms with Crippen LogP contribution in [0.2, 0.25) is 5.02 Å². The third-order valence-corrected chi connectivity index (χ3v) is 6.05. The predicted molar refractivity (Wildman–Crippen MR) is 127 cm³/mol. The number of hydrogen-bond donors (Lipinski definition) is 1. The zero-order valence-corrected chi connectivity index (χ0v) is 18.8. The molecule has 7 heteroatoms. The minimum absolute atomic E-state index is 0.158. The summed E-state index contributed by atoms with van der Waals surface area (Å²) in [5, 5.41) is 4.06. The lowest BCUT2D eigenvalue weighted by molar-refractivity contribution is -0.115. The van der Waals surface area contributed by atoms with Gasteiger partial charge in [0.2, 0.25) is 0 Å². The van der Waals surface area contributed by atoms with E-state index in [1.165, 1.54) is 11.8 Å². The molecule has 0 unspecified atom stereocenters. The van der Waals surface area contributed by atoms with Crippen molar-refractivity contribution in [1.29, 1.82) is 0 Å². The maximum Gasteiger partial charge on any atom is 0.264 e. The van der Waals surface area contributed by atoms with Gasteiger partial charge in [-0.1, -0.05) is 48.0 Å². The van der Waals surface area contributed by atoms with Crippen molar-refractivity contribution in [3.8, 4) is 5.75 Å². The van der Waals surface area contributed by atoms with Gasteiger partial charge in [-0.3, -0.25) is 4.79 Å². The molecule has 150 valence electrons. The van der Waals surface area contributed by atoms with E-state index < -0.39 is 0 Å². The summed E-state index contributed by atoms with van der Waals surface area (Å²) in [4.78, 5) is 17.4. The number of amides is 1. The second kappa shape index (κ2) is 9.51. The van der Waals surface area contributed by atoms with Crippen molar-refractivity contribution < 1.29 is 9.53 Å². The van der Waals surface area contributed by atoms with Crippen LogP contribution in [0.25, 0.3) is 6.08 Å². The van der Waals surface area contributed by atoms with Crippen LogP contribution in [-0.4, -0.2) is 11.1 Å². The molecule has 1 N–H and O–H groups in total. The highest BCUT2D eigenvalue weighted by Gasteiger charge is 2.24. The van der Waals surface area contributed by atoms with Gasteiger partial charge < -0.3 is 10.1 Å². The Labute approximate surface area is 192 Å². The average molecular weight is 500 g/mol. The summed E-state index contributed by atoms with van der Waals surface area (Å²) >= 11 is 10.7. The van der Waals surface area contributed by atoms with Crippen LogP contribution >= 0.6 is 39.3 Å². The van der Waals surface area contributed by atoms with Gasteiger partial charge in [0.05, 0.1) is 10.6 Å². The lowest BCUT2D eigenvalue weighted by Gasteiger charge is -2.06. The number of aliphatic imine (C=N–C) groups is 1. The second-order valence-electron chi connectivity index (χ2n) is 6.42. The Hall–Kier alpha value is -2.54. The summed E-state index contributed by atoms with van der Waals surface area (Å²) < 4.78 is 6.67. The van der Waals surface area contributed by atoms with Gasteiger partial charge in [-0.05, 0) is 81.3 Å². The molecule has 1 heterocycles. The normalized spacial score (nSPS) is 16.1. The summed E-state index contributed by atoms with van der Waals surface area (Å²) in [6, 6.07) is 22.8. The molecule has 1 saturated heterocycles. The van der Waals surface area contributed by atoms with E-state index in [2.05, 4.69) is 26.2 Å². The van der Waals surface area contributed by atoms with Crippen molar-refractivity contribution in [3.63, 3.8) is 0 Å². The van der Waals surface area contributed by atoms with Crippen LogP contribution in [0.3, 0.4) is 0 Å². The fourth-order valence-electron chi connectivity index (χ4n) is 2.69. The van der Waals surface area contributed by atoms with E-state index in [1.54, 1.807) is 0 Å². The molecule has 0 saturated carbocycles. The van der Waals surface area contributed by atoms with Crippen LogP contribution in [0.1, 0.15) is 11.1 Å². The number of nitrogens with one attached hydrogen (secondary N) is 1. The number of amidine groups is 1. The number of carbonyl (C=O) groups excluding carboxylic acids is 1. The quantitative estimate of drug-likeness (QED) is 0.404. The molecule has 30 heavy (non-hydrogen) atoms. The maximum atomic E-state index is 12.3. The number of benzene rings is 3. The fourth-order valence-corrected chi connectivity index (χ4v) is 4.03. The molecule has 0 spiro atoms. The van der Waals surface area contributed by atoms with Crippen molar-refractivity contribution in [2.75, 3.05) is 0 Å². The Morgan fingerprint density at radius 1 is 1.03 bits per heavy atom. The number of para-hydroxylation sites is 1. The molecule has 3 aromatic carbocycles. The summed E-state index contributed by atoms with van der Waals surface area (Å²) in [7, 11) is 0. The number of ether oxygens (including phenoxy) is 1. The van der Waals surface area contributed by atoms with Crippen LogP contribution in [0, 0.1) is 0 Å². The number of halogens is 2. The molecule has 0 atom stereocenters. The Morgan fingerprint density at radius 2 is 1.77 bits per heavy atom. The third-order valence-electron chi connectivity index (χ3n) is 4.22. The van der Waals surface area contributed by atoms with Crippen molar-refractivity contribution in [1.82, 2.24) is 5.32 Å². The maximum absolute atomic E-state index is 12.3. The molecule has 1 aliphatic rings. The number of carbonyl (C=O) groups is 1. The largest absolute Gasteiger partial charge is 0.489 e. The van der Waals surface area contributed by atoms with E-state index in [0.29, 0.717) is 21.7 Å². The second-order valence-corrected chi connectivity index (χ2v) is 8.74. The topological polar surface area (TPSA) is 50.7 Å². The van der Waals surface area contributed by atoms with E-state index in [9.17, 15) is 4.79 Å². The van der Waals surface area contributed by atoms with E-state index in [1.807, 2.05) is 78.9 Å². The van der Waals surface area contributed by atoms with Crippen molar-refractivity contribution in [3.05, 3.63) is 98.3 Å². The predicted octanol–water partition coefficient (Wildman–Crippen LogP) is 6.57. The summed E-state index contributed by atoms with van der Waals surface area (Å²) in [6.45, 7) is 0.463. The standard InChI is InChI=1S/C23H16BrClN2O2S/c24-19-3-1-2-4-20(19)26-23-27-22(28)21(30-23)13-15-7-11-18(12-8-15)29-14-16-5-9-17(25)10-6-16/h1-13H,14H2,(H,26,27,28). The molecule has 4 rings (SSSR count). The zero-order chi connectivity index (χ0) is 20.9. The first-order chi connectivity index (χ1) is 14.6. The fraction of sp³-hybridized carbons (Fsp3) is 0.0435. The number of nitrogens with zero attached hydrogens (tertiary/aromatic N) is 1. The summed E-state index contributed by atoms with van der Waals surface area (Å²) in [6.07, 6.45) is 1.84. The lowest BCUT2D eigenvalue weighted by Crippen LogP contribution is -2.19. The molecule has 3 aromatic rings. The van der Waals surface area contributed by atoms with E-state index in [4.69, 9.17) is 16.3 Å². The summed E-state index contributed by atoms with van der Waals surface area (Å²) in [5.41, 5.74) is 2.72. The smallest absolute Gasteiger partial charge is 0.264 e. The average Bonchev–Trinajstić information content (AvgIpc) is 3.09. The van der Waals surface area contributed by atoms with Crippen LogP contribution < -0.4 is 10.1 Å². The molecule has 1 aliphatic heterocycles. The zero-order valence-electron chi connectivity index (χ0n) is 15.6. The molecule has 1 amide bonds. The molecule has 0 bridgehead atoms. The summed E-state index contributed by atoms with van der Waals surface area (Å²) in [5.74, 6) is 0.598. The molecule has 4 nitrogen and oxygen atoms in total. The van der Waals surface area contributed by atoms with E-state index in [0.717, 1.165) is 27.0 Å². The lowest BCUT2D eigenvalue weighted by atomic mass is 10.2. The molecule has 0 aromatic heterocycles. The molecule has 1 fully saturated rings. The van der Waals surface area contributed by atoms with Crippen LogP contribution in [0.5, 0.6) is 5.75 Å². The van der Waals surface area contributed by atoms with E-state index in [-0.39, 0.29) is 5.91 Å². The monoisotopic (exact) mass is 498 g/mol. The molecular weight excluding hydrogens is 484 g/mol. The van der Waals surface area contributed by atoms with Gasteiger partial charge in [0.15, 0.2) is 5.17 Å². The van der Waals surface area contributed by atoms with Crippen LogP contribution in [0.4, 0.5) is 5.69 Å². The Morgan fingerprint density at radius 3 is 2.50 bits per heavy atom. The van der Waals surface area contributed by atoms with Gasteiger partial charge in [0, 0.05) is 9.50 Å². The van der Waals surface area contributed by atoms with Crippen molar-refractivity contribution in [2.24, 2.45) is 4.99 Å². The number of rotatable bonds is 5. The Kier molecular flexibility index (Phi) is 6.57. The first-order valence-electron chi connectivity index (χ1n) is 9.08. The molecular formula is C23H16BrClN2O2S. The molecule has 0 aliphatic carbocycles. The van der Waals surface area contributed by atoms with Gasteiger partial charge in [0.1, 0.15) is 12.4 Å². The minimum Gasteiger partial charge on any atom is -0.489 e. The number of thioether (sulfide) groups is 1. The molecule has 0 radical (unpaired) electrons. The van der Waals surface area contributed by atoms with Crippen LogP contribution in [-0.2, 0) is 11.4 Å². The van der Waals surface area contributed by atoms with Gasteiger partial charge in [-0.25, -0.2) is 4.99 Å². The highest BCUT2D eigenvalue weighted by Crippen LogP contribution is 2.31. The van der Waals surface area contributed by atoms with Gasteiger partial charge in [-0.2, -0.15) is 0 Å². The Bertz CT molecular complexity index is 1130. The van der Waals surface area contributed by atoms with Crippen molar-refractivity contribution >= 4 is 62.1 Å². The Balaban J connectivity index is 1.41. The van der Waals surface area contributed by atoms with Gasteiger partial charge >= 0.3 is 0 Å².